The Balaban J connectivity index is 3.38. The second kappa shape index (κ2) is 2.72. The van der Waals surface area contributed by atoms with Crippen LogP contribution in [0.5, 0.6) is 0 Å². The first-order valence-corrected chi connectivity index (χ1v) is 2.89. The molecule has 1 aromatic rings. The highest BCUT2D eigenvalue weighted by Gasteiger charge is 2.15. The number of nitrogens with one attached hydrogen (secondary N) is 1. The number of aromatic nitrogens is 2. The van der Waals surface area contributed by atoms with Crippen molar-refractivity contribution >= 4 is 5.91 Å². The van der Waals surface area contributed by atoms with Crippen LogP contribution in [-0.2, 0) is 0 Å². The third kappa shape index (κ3) is 0.976. The summed E-state index contributed by atoms with van der Waals surface area (Å²) in [6.07, 6.45) is 0. The molecule has 0 fully saturated rings. The lowest BCUT2D eigenvalue weighted by Crippen LogP contribution is -2.13. The highest BCUT2D eigenvalue weighted by Crippen LogP contribution is 2.07. The highest BCUT2D eigenvalue weighted by molar-refractivity contribution is 5.93. The van der Waals surface area contributed by atoms with Gasteiger partial charge in [-0.05, 0) is 0 Å². The lowest BCUT2D eigenvalue weighted by atomic mass is 10.2. The third-order valence-electron chi connectivity index (χ3n) is 1.23. The molecule has 0 radical (unpaired) electrons. The van der Waals surface area contributed by atoms with Crippen molar-refractivity contribution in [3.8, 4) is 12.1 Å². The van der Waals surface area contributed by atoms with Crippen LogP contribution in [0.4, 0.5) is 0 Å². The van der Waals surface area contributed by atoms with E-state index in [1.54, 1.807) is 12.1 Å². The van der Waals surface area contributed by atoms with Crippen LogP contribution in [0.1, 0.15) is 21.7 Å². The van der Waals surface area contributed by atoms with Gasteiger partial charge in [0.1, 0.15) is 23.4 Å². The van der Waals surface area contributed by atoms with Crippen molar-refractivity contribution in [3.05, 3.63) is 17.0 Å². The van der Waals surface area contributed by atoms with Gasteiger partial charge in [-0.3, -0.25) is 9.89 Å². The minimum Gasteiger partial charge on any atom is -0.364 e. The minimum absolute atomic E-state index is 0.106. The molecular weight excluding hydrogens is 158 g/mol. The summed E-state index contributed by atoms with van der Waals surface area (Å²) in [5, 5.41) is 22.5. The molecule has 1 rings (SSSR count). The Bertz CT molecular complexity index is 405. The summed E-state index contributed by atoms with van der Waals surface area (Å²) in [6.45, 7) is 0. The first-order valence-electron chi connectivity index (χ1n) is 2.89. The Morgan fingerprint density at radius 2 is 2.17 bits per heavy atom. The molecule has 0 aliphatic heterocycles. The molecule has 12 heavy (non-hydrogen) atoms. The van der Waals surface area contributed by atoms with Crippen LogP contribution in [0, 0.1) is 22.7 Å². The quantitative estimate of drug-likeness (QED) is 0.563. The molecule has 0 aromatic carbocycles. The fourth-order valence-corrected chi connectivity index (χ4v) is 0.710. The van der Waals surface area contributed by atoms with E-state index in [1.165, 1.54) is 0 Å². The van der Waals surface area contributed by atoms with Gasteiger partial charge in [0.15, 0.2) is 5.69 Å². The average Bonchev–Trinajstić information content (AvgIpc) is 2.46. The van der Waals surface area contributed by atoms with Crippen molar-refractivity contribution < 1.29 is 4.79 Å². The van der Waals surface area contributed by atoms with Gasteiger partial charge >= 0.3 is 0 Å². The van der Waals surface area contributed by atoms with Gasteiger partial charge in [0.25, 0.3) is 5.91 Å². The van der Waals surface area contributed by atoms with Crippen molar-refractivity contribution in [3.63, 3.8) is 0 Å². The Labute approximate surface area is 67.2 Å². The second-order valence-electron chi connectivity index (χ2n) is 1.91. The number of carbonyl (C=O) groups excluding carboxylic acids is 1. The Kier molecular flexibility index (Phi) is 1.76. The van der Waals surface area contributed by atoms with Crippen molar-refractivity contribution in [2.24, 2.45) is 5.73 Å². The van der Waals surface area contributed by atoms with E-state index in [9.17, 15) is 4.79 Å². The lowest BCUT2D eigenvalue weighted by Gasteiger charge is -1.85. The fraction of sp³-hybridized carbons (Fsp3) is 0. The van der Waals surface area contributed by atoms with E-state index in [1.807, 2.05) is 0 Å². The molecule has 1 heterocycles. The molecule has 0 bridgehead atoms. The van der Waals surface area contributed by atoms with Crippen molar-refractivity contribution in [2.45, 2.75) is 0 Å². The number of aromatic amines is 1. The molecule has 6 nitrogen and oxygen atoms in total. The van der Waals surface area contributed by atoms with Crippen molar-refractivity contribution in [1.82, 2.24) is 10.2 Å². The number of hydrogen-bond donors (Lipinski definition) is 2. The first kappa shape index (κ1) is 7.76. The molecule has 58 valence electrons. The summed E-state index contributed by atoms with van der Waals surface area (Å²) >= 11 is 0. The molecule has 6 heteroatoms. The lowest BCUT2D eigenvalue weighted by molar-refractivity contribution is 0.0995. The predicted octanol–water partition coefficient (Wildman–Crippen LogP) is -0.748. The maximum atomic E-state index is 10.6. The van der Waals surface area contributed by atoms with Crippen LogP contribution in [-0.4, -0.2) is 16.1 Å². The van der Waals surface area contributed by atoms with Crippen LogP contribution in [0.2, 0.25) is 0 Å². The molecule has 1 aromatic heterocycles. The SMILES string of the molecule is N#Cc1n[nH]c(C(N)=O)c1C#N. The number of nitrogens with zero attached hydrogens (tertiary/aromatic N) is 3. The van der Waals surface area contributed by atoms with Crippen LogP contribution < -0.4 is 5.73 Å². The number of primary amides is 1. The number of nitrogens with two attached hydrogens (primary N) is 1. The maximum Gasteiger partial charge on any atom is 0.268 e. The molecule has 0 spiro atoms. The molecule has 3 N–H and O–H groups in total. The van der Waals surface area contributed by atoms with Crippen molar-refractivity contribution in [2.75, 3.05) is 0 Å². The number of H-pyrrole nitrogens is 1. The number of amides is 1. The van der Waals surface area contributed by atoms with Crippen LogP contribution in [0.3, 0.4) is 0 Å². The summed E-state index contributed by atoms with van der Waals surface area (Å²) in [4.78, 5) is 10.6. The summed E-state index contributed by atoms with van der Waals surface area (Å²) in [7, 11) is 0. The Hall–Kier alpha value is -2.34. The van der Waals surface area contributed by atoms with Gasteiger partial charge in [0.2, 0.25) is 0 Å². The van der Waals surface area contributed by atoms with Crippen LogP contribution >= 0.6 is 0 Å². The van der Waals surface area contributed by atoms with Gasteiger partial charge < -0.3 is 5.73 Å². The van der Waals surface area contributed by atoms with Crippen LogP contribution in [0.25, 0.3) is 0 Å². The molecule has 0 atom stereocenters. The number of carbonyl (C=O) groups is 1. The molecular formula is C6H3N5O. The zero-order valence-electron chi connectivity index (χ0n) is 5.83. The smallest absolute Gasteiger partial charge is 0.268 e. The molecule has 0 saturated carbocycles. The van der Waals surface area contributed by atoms with Gasteiger partial charge in [-0.1, -0.05) is 0 Å². The number of hydrogen-bond acceptors (Lipinski definition) is 4. The third-order valence-corrected chi connectivity index (χ3v) is 1.23. The summed E-state index contributed by atoms with van der Waals surface area (Å²) in [5.41, 5.74) is 4.53. The summed E-state index contributed by atoms with van der Waals surface area (Å²) < 4.78 is 0. The van der Waals surface area contributed by atoms with E-state index in [2.05, 4.69) is 10.2 Å². The van der Waals surface area contributed by atoms with E-state index in [0.717, 1.165) is 0 Å². The molecule has 0 saturated heterocycles. The number of rotatable bonds is 1. The van der Waals surface area contributed by atoms with E-state index in [4.69, 9.17) is 16.3 Å². The second-order valence-corrected chi connectivity index (χ2v) is 1.91. The van der Waals surface area contributed by atoms with E-state index >= 15 is 0 Å². The summed E-state index contributed by atoms with van der Waals surface area (Å²) in [6, 6.07) is 3.31. The molecule has 0 aliphatic carbocycles. The van der Waals surface area contributed by atoms with Gasteiger partial charge in [-0.15, -0.1) is 0 Å². The summed E-state index contributed by atoms with van der Waals surface area (Å²) in [5.74, 6) is -0.805. The van der Waals surface area contributed by atoms with Gasteiger partial charge in [-0.2, -0.15) is 15.6 Å². The maximum absolute atomic E-state index is 10.6. The van der Waals surface area contributed by atoms with E-state index < -0.39 is 5.91 Å². The molecule has 0 aliphatic rings. The van der Waals surface area contributed by atoms with Crippen LogP contribution in [0.15, 0.2) is 0 Å². The molecule has 1 amide bonds. The van der Waals surface area contributed by atoms with Gasteiger partial charge in [0.05, 0.1) is 0 Å². The van der Waals surface area contributed by atoms with Crippen molar-refractivity contribution in [1.29, 1.82) is 10.5 Å². The highest BCUT2D eigenvalue weighted by atomic mass is 16.1. The van der Waals surface area contributed by atoms with Gasteiger partial charge in [-0.25, -0.2) is 0 Å². The van der Waals surface area contributed by atoms with E-state index in [-0.39, 0.29) is 17.0 Å². The molecule has 0 unspecified atom stereocenters. The monoisotopic (exact) mass is 161 g/mol. The normalized spacial score (nSPS) is 8.50. The fourth-order valence-electron chi connectivity index (χ4n) is 0.710. The predicted molar refractivity (Wildman–Crippen MR) is 36.5 cm³/mol. The Morgan fingerprint density at radius 3 is 2.58 bits per heavy atom. The minimum atomic E-state index is -0.805. The zero-order valence-corrected chi connectivity index (χ0v) is 5.83. The largest absolute Gasteiger partial charge is 0.364 e. The topological polar surface area (TPSA) is 119 Å². The standard InChI is InChI=1S/C6H3N5O/c7-1-3-4(2-8)10-11-5(3)6(9)12/h(H2,9,12)(H,10,11). The zero-order chi connectivity index (χ0) is 9.14. The first-order chi connectivity index (χ1) is 5.70. The average molecular weight is 161 g/mol. The number of nitriles is 2. The van der Waals surface area contributed by atoms with Gasteiger partial charge in [0, 0.05) is 0 Å². The van der Waals surface area contributed by atoms with E-state index in [0.29, 0.717) is 0 Å². The Morgan fingerprint density at radius 1 is 1.50 bits per heavy atom.